The second-order valence-electron chi connectivity index (χ2n) is 5.08. The second-order valence-corrected chi connectivity index (χ2v) is 5.08. The van der Waals surface area contributed by atoms with E-state index in [2.05, 4.69) is 5.32 Å². The van der Waals surface area contributed by atoms with Crippen LogP contribution < -0.4 is 5.32 Å². The van der Waals surface area contributed by atoms with Crippen LogP contribution in [0.4, 0.5) is 13.2 Å². The summed E-state index contributed by atoms with van der Waals surface area (Å²) >= 11 is 0. The van der Waals surface area contributed by atoms with Gasteiger partial charge in [-0.05, 0) is 36.6 Å². The van der Waals surface area contributed by atoms with E-state index in [4.69, 9.17) is 5.11 Å². The van der Waals surface area contributed by atoms with Gasteiger partial charge >= 0.3 is 6.18 Å². The monoisotopic (exact) mass is 305 g/mol. The molecule has 0 saturated carbocycles. The Bertz CT molecular complexity index is 424. The van der Waals surface area contributed by atoms with E-state index in [0.29, 0.717) is 18.9 Å². The molecule has 0 fully saturated rings. The van der Waals surface area contributed by atoms with Gasteiger partial charge in [-0.15, -0.1) is 0 Å². The van der Waals surface area contributed by atoms with Crippen LogP contribution in [-0.2, 0) is 6.18 Å². The maximum absolute atomic E-state index is 12.6. The Morgan fingerprint density at radius 1 is 1.24 bits per heavy atom. The molecule has 0 aliphatic carbocycles. The summed E-state index contributed by atoms with van der Waals surface area (Å²) in [6, 6.07) is 4.73. The van der Waals surface area contributed by atoms with E-state index in [0.717, 1.165) is 18.6 Å². The molecule has 0 aliphatic rings. The number of benzene rings is 1. The molecule has 1 aromatic rings. The second kappa shape index (κ2) is 8.36. The lowest BCUT2D eigenvalue weighted by molar-refractivity contribution is -0.137. The van der Waals surface area contributed by atoms with Crippen molar-refractivity contribution in [1.82, 2.24) is 5.32 Å². The van der Waals surface area contributed by atoms with Gasteiger partial charge in [0.1, 0.15) is 0 Å². The zero-order chi connectivity index (χ0) is 15.9. The molecule has 0 saturated heterocycles. The molecule has 1 rings (SSSR count). The standard InChI is InChI=1S/C15H22F3NO2/c1-2-11(6-7-20)9-19-10-14(21)12-4-3-5-13(8-12)15(16,17)18/h3-5,8,11,14,19-21H,2,6-7,9-10H2,1H3. The molecule has 120 valence electrons. The lowest BCUT2D eigenvalue weighted by Crippen LogP contribution is -2.27. The first-order valence-electron chi connectivity index (χ1n) is 7.05. The molecule has 3 N–H and O–H groups in total. The highest BCUT2D eigenvalue weighted by molar-refractivity contribution is 5.27. The molecule has 0 spiro atoms. The summed E-state index contributed by atoms with van der Waals surface area (Å²) in [6.45, 7) is 2.91. The van der Waals surface area contributed by atoms with Crippen LogP contribution in [0.15, 0.2) is 24.3 Å². The van der Waals surface area contributed by atoms with Crippen LogP contribution in [0.2, 0.25) is 0 Å². The topological polar surface area (TPSA) is 52.5 Å². The molecule has 0 bridgehead atoms. The van der Waals surface area contributed by atoms with Gasteiger partial charge in [0, 0.05) is 13.2 Å². The van der Waals surface area contributed by atoms with Crippen LogP contribution in [0.5, 0.6) is 0 Å². The fourth-order valence-corrected chi connectivity index (χ4v) is 2.10. The van der Waals surface area contributed by atoms with Crippen molar-refractivity contribution in [1.29, 1.82) is 0 Å². The first kappa shape index (κ1) is 17.9. The number of aliphatic hydroxyl groups is 2. The lowest BCUT2D eigenvalue weighted by atomic mass is 10.0. The summed E-state index contributed by atoms with van der Waals surface area (Å²) < 4.78 is 37.8. The van der Waals surface area contributed by atoms with E-state index in [1.807, 2.05) is 6.92 Å². The Labute approximate surface area is 122 Å². The van der Waals surface area contributed by atoms with E-state index in [-0.39, 0.29) is 18.7 Å². The lowest BCUT2D eigenvalue weighted by Gasteiger charge is -2.17. The molecule has 21 heavy (non-hydrogen) atoms. The van der Waals surface area contributed by atoms with Gasteiger partial charge in [-0.25, -0.2) is 0 Å². The number of alkyl halides is 3. The molecule has 0 aliphatic heterocycles. The SMILES string of the molecule is CCC(CCO)CNCC(O)c1cccc(C(F)(F)F)c1. The van der Waals surface area contributed by atoms with Gasteiger partial charge in [0.05, 0.1) is 11.7 Å². The van der Waals surface area contributed by atoms with Crippen LogP contribution in [0.3, 0.4) is 0 Å². The third-order valence-electron chi connectivity index (χ3n) is 3.48. The summed E-state index contributed by atoms with van der Waals surface area (Å²) in [5.74, 6) is 0.295. The van der Waals surface area contributed by atoms with Crippen molar-refractivity contribution in [3.63, 3.8) is 0 Å². The maximum atomic E-state index is 12.6. The van der Waals surface area contributed by atoms with Crippen molar-refractivity contribution in [3.05, 3.63) is 35.4 Å². The van der Waals surface area contributed by atoms with E-state index >= 15 is 0 Å². The zero-order valence-electron chi connectivity index (χ0n) is 12.0. The number of aliphatic hydroxyl groups excluding tert-OH is 2. The van der Waals surface area contributed by atoms with Crippen molar-refractivity contribution >= 4 is 0 Å². The smallest absolute Gasteiger partial charge is 0.396 e. The number of rotatable bonds is 8. The molecule has 3 nitrogen and oxygen atoms in total. The molecular weight excluding hydrogens is 283 g/mol. The van der Waals surface area contributed by atoms with Gasteiger partial charge in [-0.1, -0.05) is 25.5 Å². The average molecular weight is 305 g/mol. The third-order valence-corrected chi connectivity index (χ3v) is 3.48. The van der Waals surface area contributed by atoms with E-state index in [9.17, 15) is 18.3 Å². The highest BCUT2D eigenvalue weighted by Crippen LogP contribution is 2.30. The highest BCUT2D eigenvalue weighted by Gasteiger charge is 2.30. The maximum Gasteiger partial charge on any atom is 0.416 e. The van der Waals surface area contributed by atoms with E-state index in [1.54, 1.807) is 0 Å². The Kier molecular flexibility index (Phi) is 7.14. The molecule has 1 aromatic carbocycles. The van der Waals surface area contributed by atoms with Crippen molar-refractivity contribution in [2.75, 3.05) is 19.7 Å². The van der Waals surface area contributed by atoms with E-state index in [1.165, 1.54) is 12.1 Å². The first-order valence-corrected chi connectivity index (χ1v) is 7.05. The number of hydrogen-bond donors (Lipinski definition) is 3. The van der Waals surface area contributed by atoms with Crippen LogP contribution >= 0.6 is 0 Å². The van der Waals surface area contributed by atoms with Crippen molar-refractivity contribution in [2.24, 2.45) is 5.92 Å². The summed E-state index contributed by atoms with van der Waals surface area (Å²) in [5, 5.41) is 21.9. The van der Waals surface area contributed by atoms with E-state index < -0.39 is 17.8 Å². The zero-order valence-corrected chi connectivity index (χ0v) is 12.0. The van der Waals surface area contributed by atoms with Gasteiger partial charge in [0.15, 0.2) is 0 Å². The largest absolute Gasteiger partial charge is 0.416 e. The molecule has 2 atom stereocenters. The minimum Gasteiger partial charge on any atom is -0.396 e. The summed E-state index contributed by atoms with van der Waals surface area (Å²) in [5.41, 5.74) is -0.515. The molecule has 0 aromatic heterocycles. The molecule has 6 heteroatoms. The third kappa shape index (κ3) is 6.03. The Morgan fingerprint density at radius 2 is 1.95 bits per heavy atom. The van der Waals surface area contributed by atoms with Crippen molar-refractivity contribution in [2.45, 2.75) is 32.0 Å². The first-order chi connectivity index (χ1) is 9.88. The minimum absolute atomic E-state index is 0.108. The number of nitrogens with one attached hydrogen (secondary N) is 1. The normalized spacial score (nSPS) is 15.0. The van der Waals surface area contributed by atoms with Gasteiger partial charge < -0.3 is 15.5 Å². The van der Waals surface area contributed by atoms with Gasteiger partial charge in [-0.2, -0.15) is 13.2 Å². The van der Waals surface area contributed by atoms with Gasteiger partial charge in [0.2, 0.25) is 0 Å². The fraction of sp³-hybridized carbons (Fsp3) is 0.600. The molecule has 0 heterocycles. The van der Waals surface area contributed by atoms with Crippen LogP contribution in [0, 0.1) is 5.92 Å². The fourth-order valence-electron chi connectivity index (χ4n) is 2.10. The number of halogens is 3. The predicted molar refractivity (Wildman–Crippen MR) is 74.8 cm³/mol. The summed E-state index contributed by atoms with van der Waals surface area (Å²) in [7, 11) is 0. The van der Waals surface area contributed by atoms with Crippen LogP contribution in [0.1, 0.15) is 37.0 Å². The molecule has 0 amide bonds. The number of hydrogen-bond acceptors (Lipinski definition) is 3. The predicted octanol–water partition coefficient (Wildman–Crippen LogP) is 2.74. The van der Waals surface area contributed by atoms with Gasteiger partial charge in [0.25, 0.3) is 0 Å². The Hall–Kier alpha value is -1.11. The summed E-state index contributed by atoms with van der Waals surface area (Å²) in [4.78, 5) is 0. The summed E-state index contributed by atoms with van der Waals surface area (Å²) in [6.07, 6.45) is -3.83. The highest BCUT2D eigenvalue weighted by atomic mass is 19.4. The van der Waals surface area contributed by atoms with Crippen LogP contribution in [-0.4, -0.2) is 29.9 Å². The average Bonchev–Trinajstić information content (AvgIpc) is 2.45. The molecule has 2 unspecified atom stereocenters. The Balaban J connectivity index is 2.54. The Morgan fingerprint density at radius 3 is 2.52 bits per heavy atom. The minimum atomic E-state index is -4.41. The molecule has 0 radical (unpaired) electrons. The van der Waals surface area contributed by atoms with Gasteiger partial charge in [-0.3, -0.25) is 0 Å². The van der Waals surface area contributed by atoms with Crippen molar-refractivity contribution < 1.29 is 23.4 Å². The molecular formula is C15H22F3NO2. The van der Waals surface area contributed by atoms with Crippen molar-refractivity contribution in [3.8, 4) is 0 Å². The van der Waals surface area contributed by atoms with Crippen LogP contribution in [0.25, 0.3) is 0 Å². The quantitative estimate of drug-likeness (QED) is 0.692.